The number of nitriles is 1. The van der Waals surface area contributed by atoms with E-state index in [1.807, 2.05) is 66.7 Å². The summed E-state index contributed by atoms with van der Waals surface area (Å²) in [6.07, 6.45) is 1.05. The van der Waals surface area contributed by atoms with E-state index in [0.717, 1.165) is 51.1 Å². The summed E-state index contributed by atoms with van der Waals surface area (Å²) in [5.74, 6) is 2.12. The average Bonchev–Trinajstić information content (AvgIpc) is 3.14. The maximum absolute atomic E-state index is 13.1. The fourth-order valence-electron chi connectivity index (χ4n) is 6.06. The highest BCUT2D eigenvalue weighted by Crippen LogP contribution is 2.40. The molecule has 2 heterocycles. The van der Waals surface area contributed by atoms with Crippen molar-refractivity contribution in [1.29, 1.82) is 5.26 Å². The normalized spacial score (nSPS) is 16.3. The third-order valence-electron chi connectivity index (χ3n) is 8.86. The molecule has 2 aliphatic heterocycles. The number of rotatable bonds is 9. The summed E-state index contributed by atoms with van der Waals surface area (Å²) < 4.78 is 18.5. The first-order valence-electron chi connectivity index (χ1n) is 16.1. The summed E-state index contributed by atoms with van der Waals surface area (Å²) in [6, 6.07) is 35.0. The van der Waals surface area contributed by atoms with Crippen molar-refractivity contribution in [2.45, 2.75) is 38.1 Å². The second-order valence-electron chi connectivity index (χ2n) is 12.2. The standard InChI is InChI=1S/C40H33Cl2N3O4/c41-34-14-5-27(17-35(34)42)23-47-33-12-10-30(11-13-33)39-24-48-37-19-31-18-36(45-22-32(31)20-38(37)49-39)40(46)44-16-15-25-1-6-28(7-2-25)29-8-3-26(21-43)4-9-29/h1-14,17,19-20,36,39,45H,15-16,18,22-24H2,(H,44,46). The monoisotopic (exact) mass is 689 g/mol. The van der Waals surface area contributed by atoms with Gasteiger partial charge in [-0.25, -0.2) is 0 Å². The van der Waals surface area contributed by atoms with E-state index < -0.39 is 0 Å². The molecule has 5 aromatic rings. The van der Waals surface area contributed by atoms with Gasteiger partial charge in [0, 0.05) is 13.1 Å². The number of hydrogen-bond donors (Lipinski definition) is 2. The molecule has 0 bridgehead atoms. The van der Waals surface area contributed by atoms with Crippen LogP contribution in [0.15, 0.2) is 103 Å². The van der Waals surface area contributed by atoms with Gasteiger partial charge in [0.2, 0.25) is 5.91 Å². The van der Waals surface area contributed by atoms with Gasteiger partial charge in [-0.15, -0.1) is 0 Å². The number of fused-ring (bicyclic) bond motifs is 2. The number of hydrogen-bond acceptors (Lipinski definition) is 6. The summed E-state index contributed by atoms with van der Waals surface area (Å²) in [5, 5.41) is 16.5. The topological polar surface area (TPSA) is 92.6 Å². The molecule has 7 rings (SSSR count). The molecule has 0 fully saturated rings. The van der Waals surface area contributed by atoms with Crippen LogP contribution >= 0.6 is 23.2 Å². The molecule has 2 aliphatic rings. The highest BCUT2D eigenvalue weighted by Gasteiger charge is 2.29. The van der Waals surface area contributed by atoms with Gasteiger partial charge < -0.3 is 24.8 Å². The Hall–Kier alpha value is -5.00. The lowest BCUT2D eigenvalue weighted by molar-refractivity contribution is -0.123. The average molecular weight is 691 g/mol. The summed E-state index contributed by atoms with van der Waals surface area (Å²) in [6.45, 7) is 1.88. The summed E-state index contributed by atoms with van der Waals surface area (Å²) in [5.41, 5.74) is 8.05. The highest BCUT2D eigenvalue weighted by atomic mass is 35.5. The Morgan fingerprint density at radius 1 is 0.857 bits per heavy atom. The van der Waals surface area contributed by atoms with E-state index >= 15 is 0 Å². The van der Waals surface area contributed by atoms with E-state index in [0.29, 0.717) is 59.8 Å². The van der Waals surface area contributed by atoms with Crippen molar-refractivity contribution in [2.24, 2.45) is 0 Å². The number of benzene rings is 5. The molecule has 1 amide bonds. The van der Waals surface area contributed by atoms with Crippen molar-refractivity contribution in [3.05, 3.63) is 147 Å². The van der Waals surface area contributed by atoms with Gasteiger partial charge in [0.25, 0.3) is 0 Å². The number of nitrogens with zero attached hydrogens (tertiary/aromatic N) is 1. The molecule has 2 atom stereocenters. The van der Waals surface area contributed by atoms with Gasteiger partial charge >= 0.3 is 0 Å². The predicted octanol–water partition coefficient (Wildman–Crippen LogP) is 8.00. The van der Waals surface area contributed by atoms with Crippen LogP contribution in [0.4, 0.5) is 0 Å². The molecule has 0 saturated carbocycles. The van der Waals surface area contributed by atoms with E-state index in [2.05, 4.69) is 41.0 Å². The minimum absolute atomic E-state index is 0.0146. The van der Waals surface area contributed by atoms with E-state index in [1.54, 1.807) is 12.1 Å². The number of carbonyl (C=O) groups is 1. The molecule has 2 N–H and O–H groups in total. The molecule has 9 heteroatoms. The lowest BCUT2D eigenvalue weighted by Crippen LogP contribution is -2.48. The van der Waals surface area contributed by atoms with Crippen LogP contribution in [-0.4, -0.2) is 25.1 Å². The Morgan fingerprint density at radius 3 is 2.31 bits per heavy atom. The van der Waals surface area contributed by atoms with E-state index in [-0.39, 0.29) is 18.1 Å². The van der Waals surface area contributed by atoms with E-state index in [1.165, 1.54) is 0 Å². The first-order chi connectivity index (χ1) is 23.9. The molecule has 246 valence electrons. The van der Waals surface area contributed by atoms with E-state index in [4.69, 9.17) is 42.7 Å². The Kier molecular flexibility index (Phi) is 9.72. The minimum atomic E-state index is -0.320. The lowest BCUT2D eigenvalue weighted by Gasteiger charge is -2.31. The van der Waals surface area contributed by atoms with Crippen LogP contribution in [0.25, 0.3) is 11.1 Å². The molecule has 0 radical (unpaired) electrons. The lowest BCUT2D eigenvalue weighted by atomic mass is 9.94. The summed E-state index contributed by atoms with van der Waals surface area (Å²) >= 11 is 12.1. The van der Waals surface area contributed by atoms with Crippen molar-refractivity contribution < 1.29 is 19.0 Å². The van der Waals surface area contributed by atoms with Crippen LogP contribution in [0.2, 0.25) is 10.0 Å². The smallest absolute Gasteiger partial charge is 0.237 e. The van der Waals surface area contributed by atoms with Gasteiger partial charge in [0.05, 0.1) is 27.7 Å². The van der Waals surface area contributed by atoms with Crippen LogP contribution < -0.4 is 24.8 Å². The van der Waals surface area contributed by atoms with Gasteiger partial charge in [0.1, 0.15) is 19.0 Å². The zero-order valence-electron chi connectivity index (χ0n) is 26.5. The third-order valence-corrected chi connectivity index (χ3v) is 9.60. The SMILES string of the molecule is N#Cc1ccc(-c2ccc(CCNC(=O)C3Cc4cc5c(cc4CN3)OC(c3ccc(OCc4ccc(Cl)c(Cl)c4)cc3)CO5)cc2)cc1. The molecular weight excluding hydrogens is 657 g/mol. The van der Waals surface area contributed by atoms with Crippen LogP contribution in [0.5, 0.6) is 17.2 Å². The Bertz CT molecular complexity index is 2010. The highest BCUT2D eigenvalue weighted by molar-refractivity contribution is 6.42. The Labute approximate surface area is 295 Å². The largest absolute Gasteiger partial charge is 0.489 e. The minimum Gasteiger partial charge on any atom is -0.489 e. The Morgan fingerprint density at radius 2 is 1.57 bits per heavy atom. The molecule has 7 nitrogen and oxygen atoms in total. The van der Waals surface area contributed by atoms with Gasteiger partial charge in [-0.3, -0.25) is 4.79 Å². The zero-order valence-corrected chi connectivity index (χ0v) is 28.1. The Balaban J connectivity index is 0.895. The quantitative estimate of drug-likeness (QED) is 0.163. The number of amides is 1. The van der Waals surface area contributed by atoms with Crippen LogP contribution in [0.1, 0.15) is 39.5 Å². The second-order valence-corrected chi connectivity index (χ2v) is 13.0. The van der Waals surface area contributed by atoms with Crippen molar-refractivity contribution in [3.63, 3.8) is 0 Å². The van der Waals surface area contributed by atoms with E-state index in [9.17, 15) is 4.79 Å². The van der Waals surface area contributed by atoms with Crippen LogP contribution in [0, 0.1) is 11.3 Å². The molecule has 0 spiro atoms. The third kappa shape index (κ3) is 7.68. The molecule has 0 saturated heterocycles. The number of nitrogens with one attached hydrogen (secondary N) is 2. The fourth-order valence-corrected chi connectivity index (χ4v) is 6.38. The first kappa shape index (κ1) is 32.5. The molecule has 0 aromatic heterocycles. The number of halogens is 2. The van der Waals surface area contributed by atoms with Gasteiger partial charge in [0.15, 0.2) is 17.6 Å². The molecule has 49 heavy (non-hydrogen) atoms. The molecule has 2 unspecified atom stereocenters. The van der Waals surface area contributed by atoms with Gasteiger partial charge in [-0.05, 0) is 100 Å². The first-order valence-corrected chi connectivity index (χ1v) is 16.9. The second kappa shape index (κ2) is 14.6. The summed E-state index contributed by atoms with van der Waals surface area (Å²) in [7, 11) is 0. The molecule has 5 aromatic carbocycles. The van der Waals surface area contributed by atoms with Crippen molar-refractivity contribution in [3.8, 4) is 34.4 Å². The maximum atomic E-state index is 13.1. The summed E-state index contributed by atoms with van der Waals surface area (Å²) in [4.78, 5) is 13.1. The van der Waals surface area contributed by atoms with Crippen molar-refractivity contribution >= 4 is 29.1 Å². The zero-order chi connectivity index (χ0) is 33.7. The number of carbonyl (C=O) groups excluding carboxylic acids is 1. The molecule has 0 aliphatic carbocycles. The van der Waals surface area contributed by atoms with Gasteiger partial charge in [-0.2, -0.15) is 5.26 Å². The van der Waals surface area contributed by atoms with Crippen LogP contribution in [-0.2, 0) is 30.8 Å². The number of ether oxygens (including phenoxy) is 3. The van der Waals surface area contributed by atoms with Crippen LogP contribution in [0.3, 0.4) is 0 Å². The fraction of sp³-hybridized carbons (Fsp3) is 0.200. The van der Waals surface area contributed by atoms with Crippen molar-refractivity contribution in [1.82, 2.24) is 10.6 Å². The van der Waals surface area contributed by atoms with Crippen molar-refractivity contribution in [2.75, 3.05) is 13.2 Å². The predicted molar refractivity (Wildman–Crippen MR) is 190 cm³/mol. The van der Waals surface area contributed by atoms with Gasteiger partial charge in [-0.1, -0.05) is 77.8 Å². The molecular formula is C40H33Cl2N3O4. The maximum Gasteiger partial charge on any atom is 0.237 e.